The Morgan fingerprint density at radius 2 is 2.58 bits per heavy atom. The molecule has 66 valence electrons. The highest BCUT2D eigenvalue weighted by molar-refractivity contribution is 5.22. The predicted molar refractivity (Wildman–Crippen MR) is 39.3 cm³/mol. The maximum Gasteiger partial charge on any atom is 0.342 e. The van der Waals surface area contributed by atoms with E-state index in [-0.39, 0.29) is 18.1 Å². The molecular formula is C5H8N4O3. The van der Waals surface area contributed by atoms with Gasteiger partial charge in [0.05, 0.1) is 18.7 Å². The van der Waals surface area contributed by atoms with Crippen molar-refractivity contribution in [3.63, 3.8) is 0 Å². The SMILES string of the molecule is N[C@H](CO)c1cc([N+](=O)[O-])[nH]n1. The van der Waals surface area contributed by atoms with Crippen LogP contribution in [0.3, 0.4) is 0 Å². The van der Waals surface area contributed by atoms with E-state index in [2.05, 4.69) is 10.2 Å². The summed E-state index contributed by atoms with van der Waals surface area (Å²) in [6, 6.07) is 0.524. The lowest BCUT2D eigenvalue weighted by atomic mass is 10.2. The summed E-state index contributed by atoms with van der Waals surface area (Å²) in [5.74, 6) is -0.228. The first-order valence-electron chi connectivity index (χ1n) is 3.21. The third-order valence-electron chi connectivity index (χ3n) is 1.36. The van der Waals surface area contributed by atoms with Crippen LogP contribution < -0.4 is 5.73 Å². The van der Waals surface area contributed by atoms with Gasteiger partial charge in [-0.3, -0.25) is 0 Å². The van der Waals surface area contributed by atoms with E-state index < -0.39 is 11.0 Å². The second-order valence-electron chi connectivity index (χ2n) is 2.22. The zero-order valence-electron chi connectivity index (χ0n) is 6.10. The maximum absolute atomic E-state index is 10.2. The number of aromatic nitrogens is 2. The van der Waals surface area contributed by atoms with Crippen molar-refractivity contribution < 1.29 is 10.0 Å². The molecule has 0 saturated heterocycles. The topological polar surface area (TPSA) is 118 Å². The van der Waals surface area contributed by atoms with Gasteiger partial charge < -0.3 is 21.0 Å². The molecule has 0 aliphatic rings. The van der Waals surface area contributed by atoms with Gasteiger partial charge in [-0.05, 0) is 4.92 Å². The Hall–Kier alpha value is -1.47. The number of aliphatic hydroxyl groups excluding tert-OH is 1. The number of nitrogens with two attached hydrogens (primary N) is 1. The average molecular weight is 172 g/mol. The van der Waals surface area contributed by atoms with E-state index in [0.29, 0.717) is 0 Å². The Morgan fingerprint density at radius 1 is 1.92 bits per heavy atom. The monoisotopic (exact) mass is 172 g/mol. The minimum Gasteiger partial charge on any atom is -0.394 e. The number of nitrogens with zero attached hydrogens (tertiary/aromatic N) is 2. The minimum absolute atomic E-state index is 0.228. The van der Waals surface area contributed by atoms with E-state index in [1.165, 1.54) is 6.07 Å². The molecular weight excluding hydrogens is 164 g/mol. The number of aliphatic hydroxyl groups is 1. The maximum atomic E-state index is 10.2. The van der Waals surface area contributed by atoms with Crippen molar-refractivity contribution in [3.05, 3.63) is 21.9 Å². The van der Waals surface area contributed by atoms with Crippen LogP contribution in [0.2, 0.25) is 0 Å². The molecule has 1 heterocycles. The summed E-state index contributed by atoms with van der Waals surface area (Å²) in [5, 5.41) is 24.5. The van der Waals surface area contributed by atoms with Gasteiger partial charge in [0, 0.05) is 0 Å². The van der Waals surface area contributed by atoms with Crippen LogP contribution in [0.5, 0.6) is 0 Å². The Balaban J connectivity index is 2.84. The minimum atomic E-state index is -0.671. The van der Waals surface area contributed by atoms with Crippen molar-refractivity contribution in [3.8, 4) is 0 Å². The van der Waals surface area contributed by atoms with Crippen LogP contribution >= 0.6 is 0 Å². The summed E-state index contributed by atoms with van der Waals surface area (Å²) in [7, 11) is 0. The number of aromatic amines is 1. The van der Waals surface area contributed by atoms with Crippen molar-refractivity contribution in [1.29, 1.82) is 0 Å². The lowest BCUT2D eigenvalue weighted by Crippen LogP contribution is -2.14. The second kappa shape index (κ2) is 3.28. The van der Waals surface area contributed by atoms with Crippen molar-refractivity contribution >= 4 is 5.82 Å². The van der Waals surface area contributed by atoms with E-state index in [1.807, 2.05) is 0 Å². The van der Waals surface area contributed by atoms with Crippen LogP contribution in [0.1, 0.15) is 11.7 Å². The van der Waals surface area contributed by atoms with Crippen LogP contribution in [0.25, 0.3) is 0 Å². The summed E-state index contributed by atoms with van der Waals surface area (Å²) >= 11 is 0. The van der Waals surface area contributed by atoms with Gasteiger partial charge in [0.1, 0.15) is 5.69 Å². The van der Waals surface area contributed by atoms with Gasteiger partial charge in [-0.1, -0.05) is 5.10 Å². The highest BCUT2D eigenvalue weighted by Crippen LogP contribution is 2.12. The molecule has 0 aromatic carbocycles. The first-order valence-corrected chi connectivity index (χ1v) is 3.21. The fourth-order valence-corrected chi connectivity index (χ4v) is 0.703. The number of hydrogen-bond donors (Lipinski definition) is 3. The highest BCUT2D eigenvalue weighted by atomic mass is 16.6. The molecule has 0 bridgehead atoms. The van der Waals surface area contributed by atoms with E-state index in [1.54, 1.807) is 0 Å². The van der Waals surface area contributed by atoms with Gasteiger partial charge in [-0.15, -0.1) is 5.10 Å². The van der Waals surface area contributed by atoms with Crippen LogP contribution in [0.4, 0.5) is 5.82 Å². The van der Waals surface area contributed by atoms with Crippen molar-refractivity contribution in [2.45, 2.75) is 6.04 Å². The molecule has 0 unspecified atom stereocenters. The molecule has 7 nitrogen and oxygen atoms in total. The molecule has 0 saturated carbocycles. The van der Waals surface area contributed by atoms with Crippen LogP contribution in [0.15, 0.2) is 6.07 Å². The largest absolute Gasteiger partial charge is 0.394 e. The third kappa shape index (κ3) is 1.57. The van der Waals surface area contributed by atoms with Gasteiger partial charge in [0.15, 0.2) is 0 Å². The highest BCUT2D eigenvalue weighted by Gasteiger charge is 2.14. The molecule has 0 spiro atoms. The van der Waals surface area contributed by atoms with Gasteiger partial charge in [-0.2, -0.15) is 0 Å². The number of nitro groups is 1. The summed E-state index contributed by atoms with van der Waals surface area (Å²) in [5.41, 5.74) is 5.63. The van der Waals surface area contributed by atoms with Crippen LogP contribution in [-0.2, 0) is 0 Å². The Kier molecular flexibility index (Phi) is 2.36. The standard InChI is InChI=1S/C5H8N4O3/c6-3(2-10)4-1-5(8-7-4)9(11)12/h1,3,10H,2,6H2,(H,7,8)/t3-/m1/s1. The Bertz CT molecular complexity index is 284. The van der Waals surface area contributed by atoms with E-state index in [9.17, 15) is 10.1 Å². The fraction of sp³-hybridized carbons (Fsp3) is 0.400. The van der Waals surface area contributed by atoms with Crippen molar-refractivity contribution in [2.24, 2.45) is 5.73 Å². The van der Waals surface area contributed by atoms with Gasteiger partial charge in [-0.25, -0.2) is 0 Å². The number of rotatable bonds is 3. The molecule has 1 aromatic rings. The Morgan fingerprint density at radius 3 is 3.00 bits per heavy atom. The average Bonchev–Trinajstić information content (AvgIpc) is 2.51. The summed E-state index contributed by atoms with van der Waals surface area (Å²) < 4.78 is 0. The zero-order valence-corrected chi connectivity index (χ0v) is 6.10. The molecule has 7 heteroatoms. The first kappa shape index (κ1) is 8.62. The smallest absolute Gasteiger partial charge is 0.342 e. The molecule has 1 atom stereocenters. The van der Waals surface area contributed by atoms with E-state index >= 15 is 0 Å². The lowest BCUT2D eigenvalue weighted by molar-refractivity contribution is -0.389. The van der Waals surface area contributed by atoms with Crippen molar-refractivity contribution in [2.75, 3.05) is 6.61 Å². The van der Waals surface area contributed by atoms with E-state index in [0.717, 1.165) is 0 Å². The predicted octanol–water partition coefficient (Wildman–Crippen LogP) is -0.690. The second-order valence-corrected chi connectivity index (χ2v) is 2.22. The summed E-state index contributed by atoms with van der Waals surface area (Å²) in [6.45, 7) is -0.290. The quantitative estimate of drug-likeness (QED) is 0.412. The molecule has 1 rings (SSSR count). The molecule has 0 amide bonds. The molecule has 0 aliphatic carbocycles. The molecule has 0 aliphatic heterocycles. The van der Waals surface area contributed by atoms with Gasteiger partial charge >= 0.3 is 5.82 Å². The fourth-order valence-electron chi connectivity index (χ4n) is 0.703. The van der Waals surface area contributed by atoms with Gasteiger partial charge in [0.2, 0.25) is 0 Å². The van der Waals surface area contributed by atoms with Crippen LogP contribution in [-0.4, -0.2) is 26.8 Å². The van der Waals surface area contributed by atoms with Gasteiger partial charge in [0.25, 0.3) is 0 Å². The van der Waals surface area contributed by atoms with E-state index in [4.69, 9.17) is 10.8 Å². The molecule has 12 heavy (non-hydrogen) atoms. The summed E-state index contributed by atoms with van der Waals surface area (Å²) in [4.78, 5) is 9.55. The molecule has 4 N–H and O–H groups in total. The Labute approximate surface area is 67.3 Å². The zero-order chi connectivity index (χ0) is 9.14. The molecule has 0 radical (unpaired) electrons. The molecule has 1 aromatic heterocycles. The molecule has 0 fully saturated rings. The number of hydrogen-bond acceptors (Lipinski definition) is 5. The number of H-pyrrole nitrogens is 1. The first-order chi connectivity index (χ1) is 5.65. The normalized spacial score (nSPS) is 12.8. The van der Waals surface area contributed by atoms with Crippen molar-refractivity contribution in [1.82, 2.24) is 10.2 Å². The van der Waals surface area contributed by atoms with Crippen LogP contribution in [0, 0.1) is 10.1 Å². The third-order valence-corrected chi connectivity index (χ3v) is 1.36. The number of nitrogens with one attached hydrogen (secondary N) is 1. The lowest BCUT2D eigenvalue weighted by Gasteiger charge is -1.99. The summed E-state index contributed by atoms with van der Waals surface area (Å²) in [6.07, 6.45) is 0.